The molecule has 3 aliphatic rings. The Labute approximate surface area is 255 Å². The van der Waals surface area contributed by atoms with Gasteiger partial charge in [0.15, 0.2) is 0 Å². The zero-order chi connectivity index (χ0) is 28.9. The van der Waals surface area contributed by atoms with E-state index < -0.39 is 6.04 Å². The van der Waals surface area contributed by atoms with E-state index in [9.17, 15) is 14.4 Å². The highest BCUT2D eigenvalue weighted by Gasteiger charge is 2.45. The van der Waals surface area contributed by atoms with E-state index in [0.717, 1.165) is 36.8 Å². The van der Waals surface area contributed by atoms with E-state index in [-0.39, 0.29) is 47.9 Å². The van der Waals surface area contributed by atoms with Crippen LogP contribution in [0.5, 0.6) is 0 Å². The molecular formula is C29H36Cl2N6O3S. The van der Waals surface area contributed by atoms with Crippen LogP contribution in [0.1, 0.15) is 43.2 Å². The number of nitrogens with two attached hydrogens (primary N) is 1. The summed E-state index contributed by atoms with van der Waals surface area (Å²) in [6, 6.07) is 14.7. The van der Waals surface area contributed by atoms with Crippen molar-refractivity contribution in [1.82, 2.24) is 25.2 Å². The van der Waals surface area contributed by atoms with Gasteiger partial charge in [0.2, 0.25) is 11.8 Å². The summed E-state index contributed by atoms with van der Waals surface area (Å²) in [5.74, 6) is -0.286. The zero-order valence-electron chi connectivity index (χ0n) is 22.7. The van der Waals surface area contributed by atoms with E-state index in [2.05, 4.69) is 32.4 Å². The molecule has 5 atom stereocenters. The number of halogens is 2. The monoisotopic (exact) mass is 618 g/mol. The molecule has 0 bridgehead atoms. The van der Waals surface area contributed by atoms with Crippen LogP contribution in [0.3, 0.4) is 0 Å². The van der Waals surface area contributed by atoms with E-state index >= 15 is 0 Å². The summed E-state index contributed by atoms with van der Waals surface area (Å²) in [7, 11) is 0. The third-order valence-corrected chi connectivity index (χ3v) is 9.61. The lowest BCUT2D eigenvalue weighted by Gasteiger charge is -2.33. The Morgan fingerprint density at radius 3 is 2.63 bits per heavy atom. The number of benzene rings is 2. The first-order chi connectivity index (χ1) is 19.8. The molecular weight excluding hydrogens is 583 g/mol. The van der Waals surface area contributed by atoms with Crippen molar-refractivity contribution >= 4 is 52.2 Å². The molecule has 0 spiro atoms. The van der Waals surface area contributed by atoms with Gasteiger partial charge in [-0.1, -0.05) is 59.6 Å². The van der Waals surface area contributed by atoms with E-state index in [1.165, 1.54) is 5.56 Å². The molecule has 3 heterocycles. The van der Waals surface area contributed by atoms with Crippen LogP contribution in [0, 0.1) is 0 Å². The number of hydrogen-bond acceptors (Lipinski definition) is 7. The lowest BCUT2D eigenvalue weighted by Crippen LogP contribution is -2.53. The van der Waals surface area contributed by atoms with Crippen molar-refractivity contribution < 1.29 is 14.4 Å². The van der Waals surface area contributed by atoms with Gasteiger partial charge in [0.05, 0.1) is 22.3 Å². The Balaban J connectivity index is 1.33. The maximum absolute atomic E-state index is 14.1. The van der Waals surface area contributed by atoms with Gasteiger partial charge in [-0.25, -0.2) is 4.72 Å². The fourth-order valence-corrected chi connectivity index (χ4v) is 7.01. The van der Waals surface area contributed by atoms with Crippen molar-refractivity contribution in [2.24, 2.45) is 5.73 Å². The second kappa shape index (κ2) is 13.8. The van der Waals surface area contributed by atoms with Crippen molar-refractivity contribution in [1.29, 1.82) is 0 Å². The fraction of sp³-hybridized carbons (Fsp3) is 0.483. The normalized spacial score (nSPS) is 25.5. The Kier molecular flexibility index (Phi) is 10.1. The second-order valence-corrected chi connectivity index (χ2v) is 12.6. The Hall–Kier alpha value is -2.34. The minimum atomic E-state index is -0.693. The first kappa shape index (κ1) is 30.1. The summed E-state index contributed by atoms with van der Waals surface area (Å²) in [4.78, 5) is 43.5. The van der Waals surface area contributed by atoms with Crippen LogP contribution >= 0.6 is 35.1 Å². The molecule has 0 radical (unpaired) electrons. The van der Waals surface area contributed by atoms with Gasteiger partial charge in [0, 0.05) is 43.7 Å². The van der Waals surface area contributed by atoms with Crippen LogP contribution in [0.25, 0.3) is 0 Å². The molecule has 3 amide bonds. The largest absolute Gasteiger partial charge is 0.350 e. The summed E-state index contributed by atoms with van der Waals surface area (Å²) in [6.45, 7) is 1.40. The number of rotatable bonds is 10. The Bertz CT molecular complexity index is 1250. The molecule has 9 nitrogen and oxygen atoms in total. The quantitative estimate of drug-likeness (QED) is 0.300. The predicted molar refractivity (Wildman–Crippen MR) is 162 cm³/mol. The predicted octanol–water partition coefficient (Wildman–Crippen LogP) is 3.68. The van der Waals surface area contributed by atoms with Crippen LogP contribution < -0.4 is 21.1 Å². The number of hydrogen-bond donors (Lipinski definition) is 4. The second-order valence-electron chi connectivity index (χ2n) is 11.0. The molecule has 0 saturated carbocycles. The fourth-order valence-electron chi connectivity index (χ4n) is 6.06. The molecule has 220 valence electrons. The van der Waals surface area contributed by atoms with Crippen LogP contribution in [0.4, 0.5) is 4.79 Å². The molecule has 2 aromatic carbocycles. The Morgan fingerprint density at radius 2 is 1.90 bits per heavy atom. The van der Waals surface area contributed by atoms with Crippen molar-refractivity contribution in [3.63, 3.8) is 0 Å². The van der Waals surface area contributed by atoms with E-state index in [0.29, 0.717) is 42.4 Å². The van der Waals surface area contributed by atoms with Crippen LogP contribution in [0.15, 0.2) is 48.5 Å². The van der Waals surface area contributed by atoms with Crippen molar-refractivity contribution in [2.75, 3.05) is 13.1 Å². The van der Waals surface area contributed by atoms with Crippen molar-refractivity contribution in [3.05, 3.63) is 69.7 Å². The molecule has 5 rings (SSSR count). The average Bonchev–Trinajstić information content (AvgIpc) is 3.54. The number of nitrogens with zero attached hydrogens (tertiary/aromatic N) is 2. The summed E-state index contributed by atoms with van der Waals surface area (Å²) in [5, 5.41) is 6.56. The van der Waals surface area contributed by atoms with Gasteiger partial charge in [0.1, 0.15) is 6.04 Å². The molecule has 3 saturated heterocycles. The van der Waals surface area contributed by atoms with Gasteiger partial charge in [-0.15, -0.1) is 0 Å². The molecule has 5 N–H and O–H groups in total. The van der Waals surface area contributed by atoms with Crippen molar-refractivity contribution in [3.8, 4) is 0 Å². The molecule has 2 unspecified atom stereocenters. The minimum Gasteiger partial charge on any atom is -0.350 e. The number of nitrogens with one attached hydrogen (secondary N) is 3. The van der Waals surface area contributed by atoms with Crippen molar-refractivity contribution in [2.45, 2.75) is 75.4 Å². The van der Waals surface area contributed by atoms with Crippen LogP contribution in [0.2, 0.25) is 10.0 Å². The van der Waals surface area contributed by atoms with Crippen LogP contribution in [-0.4, -0.2) is 70.3 Å². The van der Waals surface area contributed by atoms with Gasteiger partial charge in [0.25, 0.3) is 5.24 Å². The highest BCUT2D eigenvalue weighted by atomic mass is 35.5. The third kappa shape index (κ3) is 7.55. The molecule has 12 heteroatoms. The van der Waals surface area contributed by atoms with E-state index in [1.54, 1.807) is 17.0 Å². The molecule has 3 aliphatic heterocycles. The maximum atomic E-state index is 14.1. The van der Waals surface area contributed by atoms with Gasteiger partial charge < -0.3 is 21.3 Å². The summed E-state index contributed by atoms with van der Waals surface area (Å²) < 4.78 is 3.05. The molecule has 0 aromatic heterocycles. The highest BCUT2D eigenvalue weighted by molar-refractivity contribution is 8.12. The van der Waals surface area contributed by atoms with Gasteiger partial charge in [-0.05, 0) is 61.8 Å². The highest BCUT2D eigenvalue weighted by Crippen LogP contribution is 2.31. The lowest BCUT2D eigenvalue weighted by molar-refractivity contribution is -0.143. The Morgan fingerprint density at radius 1 is 1.10 bits per heavy atom. The maximum Gasteiger partial charge on any atom is 0.295 e. The summed E-state index contributed by atoms with van der Waals surface area (Å²) >= 11 is 13.2. The van der Waals surface area contributed by atoms with Gasteiger partial charge in [-0.3, -0.25) is 19.3 Å². The SMILES string of the molecule is N[C@@H]1C[C@H]2C(=O)N([C@H](CCC3NSC(=O)N3)C(=O)NCc3ccc(Cl)c(Cl)c3)CCC(CCc3ccccc3)N2C1. The van der Waals surface area contributed by atoms with Gasteiger partial charge >= 0.3 is 0 Å². The molecule has 2 aromatic rings. The lowest BCUT2D eigenvalue weighted by atomic mass is 10.0. The number of carbonyl (C=O) groups is 3. The number of aryl methyl sites for hydroxylation is 1. The minimum absolute atomic E-state index is 0.0485. The first-order valence-electron chi connectivity index (χ1n) is 14.1. The topological polar surface area (TPSA) is 120 Å². The number of amides is 3. The molecule has 41 heavy (non-hydrogen) atoms. The zero-order valence-corrected chi connectivity index (χ0v) is 25.1. The third-order valence-electron chi connectivity index (χ3n) is 8.17. The number of carbonyl (C=O) groups excluding carboxylic acids is 3. The number of fused-ring (bicyclic) bond motifs is 1. The first-order valence-corrected chi connectivity index (χ1v) is 15.7. The van der Waals surface area contributed by atoms with E-state index in [4.69, 9.17) is 28.9 Å². The van der Waals surface area contributed by atoms with Gasteiger partial charge in [-0.2, -0.15) is 0 Å². The molecule has 3 fully saturated rings. The van der Waals surface area contributed by atoms with Crippen LogP contribution in [-0.2, 0) is 22.6 Å². The average molecular weight is 620 g/mol. The van der Waals surface area contributed by atoms with E-state index in [1.807, 2.05) is 24.3 Å². The smallest absolute Gasteiger partial charge is 0.295 e. The summed E-state index contributed by atoms with van der Waals surface area (Å²) in [5.41, 5.74) is 8.46. The standard InChI is InChI=1S/C29H36Cl2N6O3S/c30-22-9-7-19(14-23(22)31)16-33-27(38)24(10-11-26-34-29(40)41-35-26)36-13-12-21(8-6-18-4-2-1-3-5-18)37-17-20(32)15-25(37)28(36)39/h1-5,7,9,14,20-21,24-26,35H,6,8,10-13,15-17,32H2,(H,33,38)(H,34,40)/t20-,21?,24-,25+,26?/m1/s1. The summed E-state index contributed by atoms with van der Waals surface area (Å²) in [6.07, 6.45) is 3.78. The molecule has 0 aliphatic carbocycles.